The molecule has 1 aliphatic carbocycles. The van der Waals surface area contributed by atoms with Crippen LogP contribution in [0, 0.1) is 17.2 Å². The van der Waals surface area contributed by atoms with Crippen LogP contribution < -0.4 is 0 Å². The lowest BCUT2D eigenvalue weighted by molar-refractivity contribution is -0.132. The fourth-order valence-corrected chi connectivity index (χ4v) is 4.68. The molecule has 0 aromatic carbocycles. The maximum atomic E-state index is 12.3. The molecule has 0 spiro atoms. The molecule has 0 radical (unpaired) electrons. The Hall–Kier alpha value is -2.81. The van der Waals surface area contributed by atoms with Gasteiger partial charge in [0.05, 0.1) is 23.7 Å². The number of hydrogen-bond donors (Lipinski definition) is 1. The number of likely N-dealkylation sites (tertiary alicyclic amines) is 1. The van der Waals surface area contributed by atoms with Gasteiger partial charge in [-0.25, -0.2) is 4.98 Å². The van der Waals surface area contributed by atoms with Crippen molar-refractivity contribution in [1.29, 1.82) is 5.26 Å². The molecule has 2 bridgehead atoms. The van der Waals surface area contributed by atoms with Crippen LogP contribution in [-0.4, -0.2) is 37.9 Å². The number of carbonyl (C=O) groups excluding carboxylic acids is 1. The van der Waals surface area contributed by atoms with Gasteiger partial charge in [-0.05, 0) is 30.9 Å². The summed E-state index contributed by atoms with van der Waals surface area (Å²) in [5.41, 5.74) is 2.08. The van der Waals surface area contributed by atoms with E-state index in [1.807, 2.05) is 23.4 Å². The van der Waals surface area contributed by atoms with Crippen LogP contribution in [0.2, 0.25) is 0 Å². The van der Waals surface area contributed by atoms with E-state index in [9.17, 15) is 4.79 Å². The van der Waals surface area contributed by atoms with Crippen molar-refractivity contribution >= 4 is 27.8 Å². The number of hydrogen-bond acceptors (Lipinski definition) is 3. The summed E-state index contributed by atoms with van der Waals surface area (Å²) in [5, 5.41) is 11.1. The van der Waals surface area contributed by atoms with Crippen molar-refractivity contribution in [3.63, 3.8) is 0 Å². The molecule has 6 heteroatoms. The van der Waals surface area contributed by atoms with E-state index in [4.69, 9.17) is 5.26 Å². The van der Waals surface area contributed by atoms with Crippen LogP contribution in [0.25, 0.3) is 21.9 Å². The first-order chi connectivity index (χ1) is 11.8. The summed E-state index contributed by atoms with van der Waals surface area (Å²) >= 11 is 0. The van der Waals surface area contributed by atoms with Gasteiger partial charge in [0.25, 0.3) is 0 Å². The molecule has 1 saturated heterocycles. The van der Waals surface area contributed by atoms with E-state index in [2.05, 4.69) is 32.9 Å². The lowest BCUT2D eigenvalue weighted by Gasteiger charge is -2.34. The summed E-state index contributed by atoms with van der Waals surface area (Å²) < 4.78 is 2.32. The van der Waals surface area contributed by atoms with Gasteiger partial charge in [0.1, 0.15) is 12.1 Å². The number of aromatic nitrogens is 3. The van der Waals surface area contributed by atoms with E-state index in [1.54, 1.807) is 0 Å². The summed E-state index contributed by atoms with van der Waals surface area (Å²) in [5.74, 6) is 0.517. The van der Waals surface area contributed by atoms with Crippen molar-refractivity contribution in [2.45, 2.75) is 31.3 Å². The summed E-state index contributed by atoms with van der Waals surface area (Å²) in [6.07, 6.45) is 8.06. The first-order valence-electron chi connectivity index (χ1n) is 8.35. The first-order valence-corrected chi connectivity index (χ1v) is 8.35. The maximum absolute atomic E-state index is 12.3. The fraction of sp³-hybridized carbons (Fsp3) is 0.389. The minimum absolute atomic E-state index is 0.0195. The zero-order valence-electron chi connectivity index (χ0n) is 13.1. The molecule has 1 saturated carbocycles. The highest BCUT2D eigenvalue weighted by Gasteiger charge is 2.47. The van der Waals surface area contributed by atoms with Crippen molar-refractivity contribution in [1.82, 2.24) is 19.4 Å². The average molecular weight is 319 g/mol. The van der Waals surface area contributed by atoms with Crippen molar-refractivity contribution in [2.75, 3.05) is 6.54 Å². The van der Waals surface area contributed by atoms with Gasteiger partial charge in [0.15, 0.2) is 0 Å². The van der Waals surface area contributed by atoms with Crippen LogP contribution in [0.3, 0.4) is 0 Å². The number of pyridine rings is 1. The normalized spacial score (nSPS) is 25.6. The van der Waals surface area contributed by atoms with E-state index in [1.165, 1.54) is 5.52 Å². The van der Waals surface area contributed by atoms with Gasteiger partial charge in [-0.2, -0.15) is 5.26 Å². The molecule has 120 valence electrons. The number of rotatable bonds is 2. The molecule has 1 aliphatic heterocycles. The number of piperidine rings is 1. The lowest BCUT2D eigenvalue weighted by atomic mass is 10.0. The number of nitriles is 1. The van der Waals surface area contributed by atoms with E-state index in [0.717, 1.165) is 35.8 Å². The van der Waals surface area contributed by atoms with Gasteiger partial charge in [0, 0.05) is 35.9 Å². The van der Waals surface area contributed by atoms with Gasteiger partial charge in [-0.15, -0.1) is 0 Å². The van der Waals surface area contributed by atoms with E-state index in [0.29, 0.717) is 5.92 Å². The van der Waals surface area contributed by atoms with E-state index >= 15 is 0 Å². The standard InChI is InChI=1S/C18H17N5O/c19-4-1-16(24)23-10-11-7-14(15(23)8-11)22-6-3-12-9-21-18-13(17(12)22)2-5-20-18/h2-3,5-6,9,11,14-15H,1,7-8,10H2,(H,20,21)/t11-,14+,15-/m0/s1. The van der Waals surface area contributed by atoms with Crippen LogP contribution in [0.4, 0.5) is 0 Å². The topological polar surface area (TPSA) is 77.7 Å². The number of nitrogens with one attached hydrogen (secondary N) is 1. The number of H-pyrrole nitrogens is 1. The highest BCUT2D eigenvalue weighted by Crippen LogP contribution is 2.46. The van der Waals surface area contributed by atoms with Crippen LogP contribution in [0.5, 0.6) is 0 Å². The van der Waals surface area contributed by atoms with E-state index in [-0.39, 0.29) is 24.4 Å². The largest absolute Gasteiger partial charge is 0.346 e. The summed E-state index contributed by atoms with van der Waals surface area (Å²) in [6, 6.07) is 6.64. The predicted molar refractivity (Wildman–Crippen MR) is 89.1 cm³/mol. The monoisotopic (exact) mass is 319 g/mol. The van der Waals surface area contributed by atoms with Crippen LogP contribution in [0.15, 0.2) is 30.7 Å². The Kier molecular flexibility index (Phi) is 2.75. The SMILES string of the molecule is N#CCC(=O)N1C[C@H]2C[C@@H](n3ccc4cnc5[nH]ccc5c43)[C@@H]1C2. The fourth-order valence-electron chi connectivity index (χ4n) is 4.68. The first kappa shape index (κ1) is 13.6. The molecule has 24 heavy (non-hydrogen) atoms. The smallest absolute Gasteiger partial charge is 0.237 e. The van der Waals surface area contributed by atoms with Gasteiger partial charge in [-0.1, -0.05) is 0 Å². The van der Waals surface area contributed by atoms with Gasteiger partial charge >= 0.3 is 0 Å². The zero-order chi connectivity index (χ0) is 16.3. The molecular formula is C18H17N5O. The molecule has 3 atom stereocenters. The summed E-state index contributed by atoms with van der Waals surface area (Å²) in [4.78, 5) is 21.8. The Morgan fingerprint density at radius 1 is 1.38 bits per heavy atom. The van der Waals surface area contributed by atoms with Crippen LogP contribution in [0.1, 0.15) is 25.3 Å². The Morgan fingerprint density at radius 2 is 2.25 bits per heavy atom. The van der Waals surface area contributed by atoms with Crippen molar-refractivity contribution in [2.24, 2.45) is 5.92 Å². The van der Waals surface area contributed by atoms with Crippen molar-refractivity contribution in [3.8, 4) is 6.07 Å². The number of nitrogens with zero attached hydrogens (tertiary/aromatic N) is 4. The molecule has 2 fully saturated rings. The van der Waals surface area contributed by atoms with Crippen LogP contribution >= 0.6 is 0 Å². The molecule has 4 heterocycles. The molecule has 3 aromatic rings. The number of aromatic amines is 1. The maximum Gasteiger partial charge on any atom is 0.237 e. The molecule has 6 nitrogen and oxygen atoms in total. The minimum atomic E-state index is -0.0281. The van der Waals surface area contributed by atoms with Crippen molar-refractivity contribution < 1.29 is 4.79 Å². The molecule has 3 aromatic heterocycles. The van der Waals surface area contributed by atoms with E-state index < -0.39 is 0 Å². The second-order valence-electron chi connectivity index (χ2n) is 6.88. The third kappa shape index (κ3) is 1.75. The Labute approximate surface area is 138 Å². The van der Waals surface area contributed by atoms with Gasteiger partial charge in [0.2, 0.25) is 5.91 Å². The quantitative estimate of drug-likeness (QED) is 0.788. The lowest BCUT2D eigenvalue weighted by Crippen LogP contribution is -2.42. The molecule has 0 unspecified atom stereocenters. The zero-order valence-corrected chi connectivity index (χ0v) is 13.1. The minimum Gasteiger partial charge on any atom is -0.346 e. The second kappa shape index (κ2) is 4.84. The highest BCUT2D eigenvalue weighted by atomic mass is 16.2. The number of amides is 1. The summed E-state index contributed by atoms with van der Waals surface area (Å²) in [7, 11) is 0. The molecule has 1 N–H and O–H groups in total. The summed E-state index contributed by atoms with van der Waals surface area (Å²) in [6.45, 7) is 0.808. The average Bonchev–Trinajstić information content (AvgIpc) is 3.34. The molecule has 1 amide bonds. The van der Waals surface area contributed by atoms with Crippen molar-refractivity contribution in [3.05, 3.63) is 30.7 Å². The molecular weight excluding hydrogens is 302 g/mol. The Morgan fingerprint density at radius 3 is 3.08 bits per heavy atom. The molecule has 2 aliphatic rings. The number of carbonyl (C=O) groups is 1. The molecule has 5 rings (SSSR count). The predicted octanol–water partition coefficient (Wildman–Crippen LogP) is 2.59. The highest BCUT2D eigenvalue weighted by molar-refractivity contribution is 6.02. The third-order valence-electron chi connectivity index (χ3n) is 5.62. The Bertz CT molecular complexity index is 994. The second-order valence-corrected chi connectivity index (χ2v) is 6.88. The van der Waals surface area contributed by atoms with Crippen LogP contribution in [-0.2, 0) is 4.79 Å². The number of fused-ring (bicyclic) bond motifs is 5. The third-order valence-corrected chi connectivity index (χ3v) is 5.62. The van der Waals surface area contributed by atoms with Gasteiger partial charge in [-0.3, -0.25) is 4.79 Å². The Balaban J connectivity index is 1.60. The van der Waals surface area contributed by atoms with Gasteiger partial charge < -0.3 is 14.5 Å².